The Bertz CT molecular complexity index is 976. The van der Waals surface area contributed by atoms with Gasteiger partial charge in [-0.2, -0.15) is 0 Å². The molecule has 4 heterocycles. The second-order valence-corrected chi connectivity index (χ2v) is 8.57. The van der Waals surface area contributed by atoms with Crippen molar-refractivity contribution in [3.05, 3.63) is 65.1 Å². The molecule has 27 heavy (non-hydrogen) atoms. The van der Waals surface area contributed by atoms with Gasteiger partial charge in [0.1, 0.15) is 0 Å². The molecule has 0 spiro atoms. The van der Waals surface area contributed by atoms with Crippen LogP contribution in [0.2, 0.25) is 0 Å². The summed E-state index contributed by atoms with van der Waals surface area (Å²) in [4.78, 5) is 10.6. The maximum atomic E-state index is 11.3. The summed E-state index contributed by atoms with van der Waals surface area (Å²) in [5, 5.41) is 12.6. The summed E-state index contributed by atoms with van der Waals surface area (Å²) < 4.78 is 0. The van der Waals surface area contributed by atoms with Gasteiger partial charge >= 0.3 is 0 Å². The first-order valence-corrected chi connectivity index (χ1v) is 10.0. The lowest BCUT2D eigenvalue weighted by atomic mass is 9.80. The molecule has 3 unspecified atom stereocenters. The molecule has 140 valence electrons. The summed E-state index contributed by atoms with van der Waals surface area (Å²) in [6.45, 7) is 6.26. The Kier molecular flexibility index (Phi) is 3.88. The fourth-order valence-corrected chi connectivity index (χ4v) is 5.22. The predicted molar refractivity (Wildman–Crippen MR) is 108 cm³/mol. The van der Waals surface area contributed by atoms with Gasteiger partial charge in [-0.05, 0) is 63.4 Å². The first-order chi connectivity index (χ1) is 13.0. The molecule has 5 rings (SSSR count). The van der Waals surface area contributed by atoms with E-state index in [9.17, 15) is 5.11 Å². The number of pyridine rings is 1. The van der Waals surface area contributed by atoms with Crippen LogP contribution in [0.1, 0.15) is 60.5 Å². The summed E-state index contributed by atoms with van der Waals surface area (Å²) in [6.07, 6.45) is 6.73. The SMILES string of the molecule is Cc1ccc2[nH]c3c(c2c1)C1CCCN1CC3CC(C)(O)c1cccnc1. The number of aryl methyl sites for hydroxylation is 1. The highest BCUT2D eigenvalue weighted by atomic mass is 16.3. The number of nitrogens with zero attached hydrogens (tertiary/aromatic N) is 2. The topological polar surface area (TPSA) is 52.2 Å². The normalized spacial score (nSPS) is 24.6. The number of H-pyrrole nitrogens is 1. The average Bonchev–Trinajstić information content (AvgIpc) is 3.26. The van der Waals surface area contributed by atoms with Gasteiger partial charge in [-0.15, -0.1) is 0 Å². The molecule has 0 amide bonds. The zero-order chi connectivity index (χ0) is 18.6. The number of hydrogen-bond acceptors (Lipinski definition) is 3. The first kappa shape index (κ1) is 17.0. The van der Waals surface area contributed by atoms with Crippen molar-refractivity contribution in [2.45, 2.75) is 50.7 Å². The van der Waals surface area contributed by atoms with Crippen LogP contribution in [0, 0.1) is 6.92 Å². The summed E-state index contributed by atoms with van der Waals surface area (Å²) in [5.41, 5.74) is 5.34. The predicted octanol–water partition coefficient (Wildman–Crippen LogP) is 4.40. The Morgan fingerprint density at radius 1 is 1.33 bits per heavy atom. The molecular weight excluding hydrogens is 334 g/mol. The second kappa shape index (κ2) is 6.18. The highest BCUT2D eigenvalue weighted by Crippen LogP contribution is 2.48. The van der Waals surface area contributed by atoms with Gasteiger partial charge in [-0.3, -0.25) is 9.88 Å². The Labute approximate surface area is 160 Å². The van der Waals surface area contributed by atoms with Crippen molar-refractivity contribution in [1.29, 1.82) is 0 Å². The van der Waals surface area contributed by atoms with E-state index in [0.29, 0.717) is 12.5 Å². The molecule has 2 N–H and O–H groups in total. The fourth-order valence-electron chi connectivity index (χ4n) is 5.22. The lowest BCUT2D eigenvalue weighted by molar-refractivity contribution is 0.0314. The Balaban J connectivity index is 1.59. The minimum absolute atomic E-state index is 0.289. The van der Waals surface area contributed by atoms with Gasteiger partial charge in [-0.1, -0.05) is 17.7 Å². The lowest BCUT2D eigenvalue weighted by Gasteiger charge is -2.38. The minimum atomic E-state index is -0.893. The van der Waals surface area contributed by atoms with Crippen LogP contribution in [-0.4, -0.2) is 33.1 Å². The molecule has 4 heteroatoms. The molecule has 2 aliphatic rings. The molecule has 2 aliphatic heterocycles. The number of fused-ring (bicyclic) bond motifs is 5. The Hall–Kier alpha value is -2.17. The molecule has 1 saturated heterocycles. The number of aliphatic hydroxyl groups is 1. The van der Waals surface area contributed by atoms with Gasteiger partial charge in [0, 0.05) is 53.1 Å². The molecular formula is C23H27N3O. The van der Waals surface area contributed by atoms with Gasteiger partial charge in [0.25, 0.3) is 0 Å². The van der Waals surface area contributed by atoms with Crippen molar-refractivity contribution in [2.24, 2.45) is 0 Å². The van der Waals surface area contributed by atoms with Gasteiger partial charge < -0.3 is 10.1 Å². The van der Waals surface area contributed by atoms with Crippen molar-refractivity contribution in [2.75, 3.05) is 13.1 Å². The number of aromatic amines is 1. The van der Waals surface area contributed by atoms with Crippen LogP contribution >= 0.6 is 0 Å². The van der Waals surface area contributed by atoms with Gasteiger partial charge in [0.05, 0.1) is 5.60 Å². The molecule has 0 radical (unpaired) electrons. The van der Waals surface area contributed by atoms with E-state index in [2.05, 4.69) is 40.0 Å². The highest BCUT2D eigenvalue weighted by molar-refractivity contribution is 5.86. The first-order valence-electron chi connectivity index (χ1n) is 10.0. The highest BCUT2D eigenvalue weighted by Gasteiger charge is 2.41. The van der Waals surface area contributed by atoms with Crippen LogP contribution in [0.3, 0.4) is 0 Å². The summed E-state index contributed by atoms with van der Waals surface area (Å²) >= 11 is 0. The zero-order valence-corrected chi connectivity index (χ0v) is 16.1. The van der Waals surface area contributed by atoms with Crippen molar-refractivity contribution >= 4 is 10.9 Å². The summed E-state index contributed by atoms with van der Waals surface area (Å²) in [6, 6.07) is 11.1. The van der Waals surface area contributed by atoms with Crippen molar-refractivity contribution in [1.82, 2.24) is 14.9 Å². The summed E-state index contributed by atoms with van der Waals surface area (Å²) in [5.74, 6) is 0.289. The quantitative estimate of drug-likeness (QED) is 0.727. The van der Waals surface area contributed by atoms with Crippen LogP contribution in [-0.2, 0) is 5.60 Å². The van der Waals surface area contributed by atoms with E-state index in [1.54, 1.807) is 12.4 Å². The average molecular weight is 361 g/mol. The van der Waals surface area contributed by atoms with Crippen molar-refractivity contribution < 1.29 is 5.11 Å². The van der Waals surface area contributed by atoms with Crippen LogP contribution < -0.4 is 0 Å². The molecule has 4 nitrogen and oxygen atoms in total. The lowest BCUT2D eigenvalue weighted by Crippen LogP contribution is -2.37. The maximum Gasteiger partial charge on any atom is 0.0890 e. The van der Waals surface area contributed by atoms with E-state index in [1.807, 2.05) is 19.1 Å². The number of hydrogen-bond donors (Lipinski definition) is 2. The largest absolute Gasteiger partial charge is 0.385 e. The van der Waals surface area contributed by atoms with E-state index in [-0.39, 0.29) is 5.92 Å². The molecule has 0 aliphatic carbocycles. The van der Waals surface area contributed by atoms with Crippen molar-refractivity contribution in [3.63, 3.8) is 0 Å². The molecule has 3 atom stereocenters. The molecule has 1 fully saturated rings. The third-order valence-corrected chi connectivity index (χ3v) is 6.51. The Morgan fingerprint density at radius 2 is 2.22 bits per heavy atom. The van der Waals surface area contributed by atoms with Gasteiger partial charge in [0.2, 0.25) is 0 Å². The van der Waals surface area contributed by atoms with E-state index < -0.39 is 5.60 Å². The standard InChI is InChI=1S/C23H27N3O/c1-15-7-8-19-18(11-15)21-20-6-4-10-26(20)14-16(22(21)25-19)12-23(2,27)17-5-3-9-24-13-17/h3,5,7-9,11,13,16,20,25,27H,4,6,10,12,14H2,1-2H3. The van der Waals surface area contributed by atoms with E-state index in [1.165, 1.54) is 40.6 Å². The molecule has 2 aromatic heterocycles. The summed E-state index contributed by atoms with van der Waals surface area (Å²) in [7, 11) is 0. The van der Waals surface area contributed by atoms with Crippen LogP contribution in [0.15, 0.2) is 42.7 Å². The third-order valence-electron chi connectivity index (χ3n) is 6.51. The third kappa shape index (κ3) is 2.79. The zero-order valence-electron chi connectivity index (χ0n) is 16.1. The van der Waals surface area contributed by atoms with Crippen LogP contribution in [0.4, 0.5) is 0 Å². The number of aromatic nitrogens is 2. The second-order valence-electron chi connectivity index (χ2n) is 8.57. The number of nitrogens with one attached hydrogen (secondary N) is 1. The van der Waals surface area contributed by atoms with E-state index >= 15 is 0 Å². The monoisotopic (exact) mass is 361 g/mol. The fraction of sp³-hybridized carbons (Fsp3) is 0.435. The number of benzene rings is 1. The minimum Gasteiger partial charge on any atom is -0.385 e. The van der Waals surface area contributed by atoms with Crippen LogP contribution in [0.5, 0.6) is 0 Å². The van der Waals surface area contributed by atoms with Crippen molar-refractivity contribution in [3.8, 4) is 0 Å². The van der Waals surface area contributed by atoms with E-state index in [4.69, 9.17) is 0 Å². The molecule has 1 aromatic carbocycles. The van der Waals surface area contributed by atoms with Crippen LogP contribution in [0.25, 0.3) is 10.9 Å². The molecule has 3 aromatic rings. The smallest absolute Gasteiger partial charge is 0.0890 e. The molecule has 0 bridgehead atoms. The maximum absolute atomic E-state index is 11.3. The van der Waals surface area contributed by atoms with Gasteiger partial charge in [0.15, 0.2) is 0 Å². The van der Waals surface area contributed by atoms with E-state index in [0.717, 1.165) is 18.7 Å². The van der Waals surface area contributed by atoms with Gasteiger partial charge in [-0.25, -0.2) is 0 Å². The number of rotatable bonds is 3. The molecule has 0 saturated carbocycles. The Morgan fingerprint density at radius 3 is 3.04 bits per heavy atom.